The molecule has 0 aliphatic heterocycles. The van der Waals surface area contributed by atoms with Crippen molar-refractivity contribution in [1.29, 1.82) is 0 Å². The van der Waals surface area contributed by atoms with Gasteiger partial charge in [-0.15, -0.1) is 0 Å². The van der Waals surface area contributed by atoms with Crippen LogP contribution in [0, 0.1) is 43.2 Å². The van der Waals surface area contributed by atoms with Crippen LogP contribution in [0.25, 0.3) is 0 Å². The summed E-state index contributed by atoms with van der Waals surface area (Å²) in [5.41, 5.74) is 0. The van der Waals surface area contributed by atoms with Crippen LogP contribution in [0.1, 0.15) is 0 Å². The molecule has 0 spiro atoms. The topological polar surface area (TPSA) is 37.4 Å². The molecular formula is CH4NO2RaRbS. The summed E-state index contributed by atoms with van der Waals surface area (Å²) in [5.74, 6) is 0. The maximum atomic E-state index is 10.4. The van der Waals surface area contributed by atoms with Gasteiger partial charge < -0.3 is 0 Å². The van der Waals surface area contributed by atoms with Crippen molar-refractivity contribution in [3.63, 3.8) is 0 Å². The minimum atomic E-state index is -2.60. The average molecular weight is 406 g/mol. The van der Waals surface area contributed by atoms with Gasteiger partial charge in [0.15, 0.2) is 0 Å². The molecule has 0 aromatic heterocycles. The third-order valence-electron chi connectivity index (χ3n) is 0.663. The molecule has 0 aromatic carbocycles. The Bertz CT molecular complexity index is 140. The molecule has 0 N–H and O–H groups in total. The van der Waals surface area contributed by atoms with E-state index in [1.54, 1.807) is 7.05 Å². The molecule has 0 radical (unpaired) electrons. The van der Waals surface area contributed by atoms with Crippen molar-refractivity contribution in [1.82, 2.24) is -0.163 Å². The predicted octanol–water partition coefficient (Wildman–Crippen LogP) is -1.47. The van der Waals surface area contributed by atoms with E-state index in [4.69, 9.17) is 0 Å². The molecule has 7 heavy (non-hydrogen) atoms. The summed E-state index contributed by atoms with van der Waals surface area (Å²) in [7, 11) is 1.65. The quantitative estimate of drug-likeness (QED) is 0.534. The van der Waals surface area contributed by atoms with E-state index in [0.717, 1.165) is 0 Å². The number of hydrogen-bond acceptors (Lipinski definition) is 2. The summed E-state index contributed by atoms with van der Waals surface area (Å²) in [6.07, 6.45) is 0. The molecule has 0 atom stereocenters. The van der Waals surface area contributed by atoms with E-state index in [0.29, 0.717) is 0 Å². The molecule has 0 saturated heterocycles. The second kappa shape index (κ2) is 4.14. The first kappa shape index (κ1) is 10.2. The van der Waals surface area contributed by atoms with Crippen molar-refractivity contribution in [2.45, 2.75) is 0 Å². The molecular weight excluding hydrogens is 402 g/mol. The summed E-state index contributed by atoms with van der Waals surface area (Å²) in [4.78, 5) is 0. The molecule has 0 amide bonds. The molecule has 0 fully saturated rings. The minimum absolute atomic E-state index is 0.0236. The molecule has 0 heterocycles. The molecule has 0 aliphatic carbocycles. The van der Waals surface area contributed by atoms with E-state index in [2.05, 4.69) is 0 Å². The molecule has 0 unspecified atom stereocenters. The maximum absolute atomic E-state index is 10.4. The van der Waals surface area contributed by atoms with Gasteiger partial charge in [-0.05, 0) is 0 Å². The van der Waals surface area contributed by atoms with Gasteiger partial charge in [0, 0.05) is 0 Å². The normalized spacial score (nSPS) is 12.4. The summed E-state index contributed by atoms with van der Waals surface area (Å²) in [6.45, 7) is 0. The van der Waals surface area contributed by atoms with Gasteiger partial charge in [0.1, 0.15) is 0 Å². The van der Waals surface area contributed by atoms with Crippen molar-refractivity contribution < 1.29 is 51.6 Å². The fourth-order valence-corrected chi connectivity index (χ4v) is 0. The van der Waals surface area contributed by atoms with Crippen LogP contribution in [-0.2, 0) is 0.410 Å². The second-order valence-electron chi connectivity index (χ2n) is 1.55. The Kier molecular flexibility index (Phi) is 6.03. The van der Waals surface area contributed by atoms with Crippen LogP contribution in [0.3, 0.4) is 0 Å². The van der Waals surface area contributed by atoms with Crippen LogP contribution in [0.2, 0.25) is 0 Å². The van der Waals surface area contributed by atoms with Gasteiger partial charge in [-0.25, -0.2) is 0 Å². The van der Waals surface area contributed by atoms with Crippen LogP contribution in [-0.4, -0.2) is 68.4 Å². The van der Waals surface area contributed by atoms with Crippen molar-refractivity contribution >= 4 is 53.6 Å². The van der Waals surface area contributed by atoms with E-state index < -0.39 is 0.410 Å². The Morgan fingerprint density at radius 1 is 1.71 bits per heavy atom. The molecule has 0 saturated carbocycles. The van der Waals surface area contributed by atoms with Gasteiger partial charge >= 0.3 is 112 Å². The first-order valence-electron chi connectivity index (χ1n) is 1.82. The number of rotatable bonds is 1. The molecule has 0 bridgehead atoms. The zero-order chi connectivity index (χ0) is 6.08. The van der Waals surface area contributed by atoms with Gasteiger partial charge in [-0.2, -0.15) is 0 Å². The molecule has 0 aliphatic rings. The van der Waals surface area contributed by atoms with Gasteiger partial charge in [0.05, 0.1) is 0 Å². The number of hydrogen-bond donors (Lipinski definition) is 0. The Labute approximate surface area is 108 Å². The third-order valence-corrected chi connectivity index (χ3v) is 37.7. The van der Waals surface area contributed by atoms with E-state index >= 15 is 0 Å². The zero-order valence-corrected chi connectivity index (χ0v) is 18.6. The zero-order valence-electron chi connectivity index (χ0n) is 4.67. The molecule has 6 heteroatoms. The monoisotopic (exact) mass is 405 g/mol. The van der Waals surface area contributed by atoms with Gasteiger partial charge in [0.25, 0.3) is 0 Å². The molecule has 0 rings (SSSR count). The summed E-state index contributed by atoms with van der Waals surface area (Å²) in [5, 5.41) is 0. The second-order valence-corrected chi connectivity index (χ2v) is 19.5. The van der Waals surface area contributed by atoms with Gasteiger partial charge in [-0.3, -0.25) is 0 Å². The van der Waals surface area contributed by atoms with E-state index in [1.165, 1.54) is -0.163 Å². The molecule has 3 nitrogen and oxygen atoms in total. The summed E-state index contributed by atoms with van der Waals surface area (Å²) < 4.78 is 19.7. The predicted molar refractivity (Wildman–Crippen MR) is 23.8 cm³/mol. The van der Waals surface area contributed by atoms with Crippen LogP contribution < -0.4 is 0 Å². The SMILES string of the molecule is C[N]([RaH])[S](=O)(=O)[Rb]. The third kappa shape index (κ3) is 5.62. The molecule has 0 aromatic rings. The Morgan fingerprint density at radius 2 is 1.86 bits per heavy atom. The summed E-state index contributed by atoms with van der Waals surface area (Å²) >= 11 is -0.194. The Balaban J connectivity index is 4.10. The molecule has 34 valence electrons. The van der Waals surface area contributed by atoms with Gasteiger partial charge in [-0.1, -0.05) is 0 Å². The van der Waals surface area contributed by atoms with Crippen LogP contribution in [0.5, 0.6) is 0 Å². The van der Waals surface area contributed by atoms with E-state index in [1.807, 2.05) is 0 Å². The first-order chi connectivity index (χ1) is 2.94. The standard InChI is InChI=1S/CH3NO2S.Ra.Rb.H/c1-2-5(3)4;;;/h1H3;;;/q-1;+1;;. The van der Waals surface area contributed by atoms with E-state index in [9.17, 15) is 8.42 Å². The fraction of sp³-hybridized carbons (Fsp3) is 1.00. The van der Waals surface area contributed by atoms with Gasteiger partial charge in [0.2, 0.25) is 0 Å². The summed E-state index contributed by atoms with van der Waals surface area (Å²) in [6, 6.07) is 0. The van der Waals surface area contributed by atoms with Crippen molar-refractivity contribution in [2.75, 3.05) is 7.05 Å². The Hall–Kier alpha value is 3.18. The van der Waals surface area contributed by atoms with Crippen LogP contribution >= 0.6 is 0 Å². The van der Waals surface area contributed by atoms with E-state index in [-0.39, 0.29) is 96.3 Å². The van der Waals surface area contributed by atoms with Crippen molar-refractivity contribution in [2.24, 2.45) is 0 Å². The first-order valence-corrected chi connectivity index (χ1v) is 13.4. The number of nitrogens with zero attached hydrogens (tertiary/aromatic N) is 1. The Morgan fingerprint density at radius 3 is 1.86 bits per heavy atom. The average Bonchev–Trinajstić information content (AvgIpc) is 1.31. The van der Waals surface area contributed by atoms with Crippen LogP contribution in [0.15, 0.2) is 0 Å². The van der Waals surface area contributed by atoms with Crippen molar-refractivity contribution in [3.8, 4) is 0 Å². The fourth-order valence-electron chi connectivity index (χ4n) is 0. The van der Waals surface area contributed by atoms with Crippen molar-refractivity contribution in [3.05, 3.63) is 0 Å². The van der Waals surface area contributed by atoms with Crippen LogP contribution in [0.4, 0.5) is 0 Å².